The van der Waals surface area contributed by atoms with E-state index in [9.17, 15) is 4.79 Å². The molecule has 0 saturated carbocycles. The first kappa shape index (κ1) is 5.15. The molecule has 1 rings (SSSR count). The summed E-state index contributed by atoms with van der Waals surface area (Å²) in [6.07, 6.45) is -2.01. The Bertz CT molecular complexity index is 557. The van der Waals surface area contributed by atoms with Crippen molar-refractivity contribution in [2.75, 3.05) is 0 Å². The van der Waals surface area contributed by atoms with Gasteiger partial charge in [0.15, 0.2) is 0 Å². The van der Waals surface area contributed by atoms with Crippen molar-refractivity contribution in [2.24, 2.45) is 5.89 Å². The quantitative estimate of drug-likeness (QED) is 0.834. The van der Waals surface area contributed by atoms with Crippen molar-refractivity contribution < 1.29 is 19.5 Å². The van der Waals surface area contributed by atoms with Gasteiger partial charge >= 0.3 is 5.97 Å². The van der Waals surface area contributed by atoms with Gasteiger partial charge in [-0.1, -0.05) is 38.1 Å². The van der Waals surface area contributed by atoms with Crippen LogP contribution in [0, 0.1) is 5.89 Å². The van der Waals surface area contributed by atoms with Gasteiger partial charge in [-0.2, -0.15) is 0 Å². The molecule has 0 bridgehead atoms. The normalized spacial score (nSPS) is 24.3. The van der Waals surface area contributed by atoms with Crippen LogP contribution in [0.1, 0.15) is 47.3 Å². The number of benzene rings is 1. The number of aliphatic carboxylic acids is 1. The van der Waals surface area contributed by atoms with Gasteiger partial charge in [-0.25, -0.2) is 0 Å². The highest BCUT2D eigenvalue weighted by atomic mass is 16.4. The highest BCUT2D eigenvalue weighted by Crippen LogP contribution is 2.17. The van der Waals surface area contributed by atoms with Crippen molar-refractivity contribution in [3.63, 3.8) is 0 Å². The number of carboxylic acid groups (broad SMARTS) is 1. The van der Waals surface area contributed by atoms with Crippen LogP contribution in [0.2, 0.25) is 0 Å². The first-order valence-electron chi connectivity index (χ1n) is 8.00. The van der Waals surface area contributed by atoms with Crippen LogP contribution in [0.5, 0.6) is 0 Å². The zero-order chi connectivity index (χ0) is 17.6. The summed E-state index contributed by atoms with van der Waals surface area (Å²) in [7, 11) is 0. The lowest BCUT2D eigenvalue weighted by molar-refractivity contribution is -0.138. The first-order valence-corrected chi connectivity index (χ1v) is 4.50. The Morgan fingerprint density at radius 3 is 2.53 bits per heavy atom. The fraction of sp³-hybridized carbons (Fsp3) is 0.462. The molecule has 1 atom stereocenters. The Morgan fingerprint density at radius 2 is 2.13 bits per heavy atom. The maximum atomic E-state index is 11.3. The largest absolute Gasteiger partial charge is 0.481 e. The van der Waals surface area contributed by atoms with Crippen LogP contribution in [-0.4, -0.2) is 11.1 Å². The van der Waals surface area contributed by atoms with E-state index in [0.29, 0.717) is 0 Å². The molecular weight excluding hydrogens is 188 g/mol. The van der Waals surface area contributed by atoms with Crippen LogP contribution >= 0.6 is 0 Å². The topological polar surface area (TPSA) is 37.3 Å². The summed E-state index contributed by atoms with van der Waals surface area (Å²) in [4.78, 5) is 11.3. The molecule has 0 fully saturated rings. The van der Waals surface area contributed by atoms with E-state index in [-0.39, 0.29) is 11.1 Å². The number of hydrogen-bond donors (Lipinski definition) is 1. The Hall–Kier alpha value is -1.31. The molecule has 15 heavy (non-hydrogen) atoms. The summed E-state index contributed by atoms with van der Waals surface area (Å²) in [6, 6.07) is 4.69. The molecule has 0 heterocycles. The molecule has 0 aliphatic heterocycles. The predicted molar refractivity (Wildman–Crippen MR) is 61.0 cm³/mol. The second kappa shape index (κ2) is 4.96. The van der Waals surface area contributed by atoms with E-state index in [2.05, 4.69) is 0 Å². The minimum atomic E-state index is -3.08. The van der Waals surface area contributed by atoms with Gasteiger partial charge in [-0.05, 0) is 30.2 Å². The number of carbonyl (C=O) groups is 1. The maximum Gasteiger partial charge on any atom is 0.310 e. The van der Waals surface area contributed by atoms with Gasteiger partial charge in [-0.3, -0.25) is 4.79 Å². The van der Waals surface area contributed by atoms with E-state index in [1.54, 1.807) is 0 Å². The number of rotatable bonds is 4. The fourth-order valence-electron chi connectivity index (χ4n) is 1.13. The number of hydrogen-bond acceptors (Lipinski definition) is 1. The zero-order valence-corrected chi connectivity index (χ0v) is 8.66. The van der Waals surface area contributed by atoms with Crippen LogP contribution in [0.15, 0.2) is 24.3 Å². The molecule has 0 aliphatic carbocycles. The first-order chi connectivity index (χ1) is 9.65. The lowest BCUT2D eigenvalue weighted by Gasteiger charge is -2.09. The SMILES string of the molecule is [2H]C([2H])([2H])C([2H])(C(=O)O)c1ccc(C([2H])([2H])C([2H])(C)C)cc1. The summed E-state index contributed by atoms with van der Waals surface area (Å²) in [5.41, 5.74) is -0.142. The molecule has 2 heteroatoms. The minimum absolute atomic E-state index is 0.120. The molecule has 1 aromatic rings. The lowest BCUT2D eigenvalue weighted by atomic mass is 9.97. The van der Waals surface area contributed by atoms with Crippen LogP contribution in [0.4, 0.5) is 0 Å². The summed E-state index contributed by atoms with van der Waals surface area (Å²) < 4.78 is 53.4. The average Bonchev–Trinajstić information content (AvgIpc) is 2.35. The van der Waals surface area contributed by atoms with Crippen molar-refractivity contribution >= 4 is 5.97 Å². The van der Waals surface area contributed by atoms with Crippen molar-refractivity contribution in [3.05, 3.63) is 35.4 Å². The van der Waals surface area contributed by atoms with Gasteiger partial charge in [0.2, 0.25) is 0 Å². The fourth-order valence-corrected chi connectivity index (χ4v) is 1.13. The highest BCUT2D eigenvalue weighted by Gasteiger charge is 2.12. The van der Waals surface area contributed by atoms with Crippen molar-refractivity contribution in [1.29, 1.82) is 0 Å². The minimum Gasteiger partial charge on any atom is -0.481 e. The molecule has 1 unspecified atom stereocenters. The Labute approximate surface area is 101 Å². The van der Waals surface area contributed by atoms with Gasteiger partial charge in [0.1, 0.15) is 0 Å². The van der Waals surface area contributed by atoms with Crippen LogP contribution in [-0.2, 0) is 11.2 Å². The van der Waals surface area contributed by atoms with Crippen molar-refractivity contribution in [1.82, 2.24) is 0 Å². The third-order valence-corrected chi connectivity index (χ3v) is 1.78. The smallest absolute Gasteiger partial charge is 0.310 e. The predicted octanol–water partition coefficient (Wildman–Crippen LogP) is 3.07. The molecule has 0 saturated heterocycles. The van der Waals surface area contributed by atoms with Crippen molar-refractivity contribution in [2.45, 2.75) is 33.0 Å². The second-order valence-corrected chi connectivity index (χ2v) is 3.38. The van der Waals surface area contributed by atoms with E-state index >= 15 is 0 Å². The molecule has 82 valence electrons. The molecular formula is C13H18O2. The average molecular weight is 213 g/mol. The third-order valence-electron chi connectivity index (χ3n) is 1.78. The molecule has 0 radical (unpaired) electrons. The van der Waals surface area contributed by atoms with E-state index in [4.69, 9.17) is 14.7 Å². The van der Waals surface area contributed by atoms with E-state index in [1.807, 2.05) is 0 Å². The van der Waals surface area contributed by atoms with E-state index in [0.717, 1.165) is 12.1 Å². The molecule has 2 nitrogen and oxygen atoms in total. The molecule has 1 aromatic carbocycles. The third kappa shape index (κ3) is 3.39. The summed E-state index contributed by atoms with van der Waals surface area (Å²) in [5, 5.41) is 9.13. The van der Waals surface area contributed by atoms with E-state index in [1.165, 1.54) is 26.0 Å². The van der Waals surface area contributed by atoms with Crippen LogP contribution in [0.25, 0.3) is 0 Å². The molecule has 0 aromatic heterocycles. The Balaban J connectivity index is 3.37. The molecule has 0 spiro atoms. The highest BCUT2D eigenvalue weighted by molar-refractivity contribution is 5.75. The summed E-state index contributed by atoms with van der Waals surface area (Å²) >= 11 is 0. The molecule has 0 amide bonds. The van der Waals surface area contributed by atoms with E-state index < -0.39 is 31.0 Å². The molecule has 0 aliphatic rings. The zero-order valence-electron chi connectivity index (χ0n) is 15.7. The standard InChI is InChI=1S/C13H18O2/c1-9(2)8-11-4-6-12(7-5-11)10(3)13(14)15/h4-7,9-10H,8H2,1-3H3,(H,14,15)/i3D3,8D2,9D,10D. The van der Waals surface area contributed by atoms with Gasteiger partial charge < -0.3 is 5.11 Å². The van der Waals surface area contributed by atoms with Crippen LogP contribution in [0.3, 0.4) is 0 Å². The van der Waals surface area contributed by atoms with Crippen LogP contribution < -0.4 is 0 Å². The summed E-state index contributed by atoms with van der Waals surface area (Å²) in [6.45, 7) is -0.279. The van der Waals surface area contributed by atoms with Gasteiger partial charge in [-0.15, -0.1) is 0 Å². The molecule has 1 N–H and O–H groups in total. The number of carboxylic acids is 1. The van der Waals surface area contributed by atoms with Crippen molar-refractivity contribution in [3.8, 4) is 0 Å². The Kier molecular flexibility index (Phi) is 1.70. The Morgan fingerprint density at radius 1 is 1.53 bits per heavy atom. The van der Waals surface area contributed by atoms with Gasteiger partial charge in [0.25, 0.3) is 0 Å². The second-order valence-electron chi connectivity index (χ2n) is 3.38. The summed E-state index contributed by atoms with van der Waals surface area (Å²) in [5.74, 6) is -6.07. The lowest BCUT2D eigenvalue weighted by Crippen LogP contribution is -2.07. The maximum absolute atomic E-state index is 11.3. The monoisotopic (exact) mass is 213 g/mol. The van der Waals surface area contributed by atoms with Gasteiger partial charge in [0.05, 0.1) is 5.89 Å². The van der Waals surface area contributed by atoms with Gasteiger partial charge in [0, 0.05) is 9.60 Å².